The van der Waals surface area contributed by atoms with Crippen molar-refractivity contribution >= 4 is 5.91 Å². The highest BCUT2D eigenvalue weighted by Gasteiger charge is 2.47. The summed E-state index contributed by atoms with van der Waals surface area (Å²) in [5.74, 6) is 0.270. The van der Waals surface area contributed by atoms with Gasteiger partial charge in [0.15, 0.2) is 0 Å². The molecular weight excluding hydrogens is 314 g/mol. The average molecular weight is 345 g/mol. The molecule has 1 saturated carbocycles. The lowest BCUT2D eigenvalue weighted by Crippen LogP contribution is -2.53. The molecule has 1 heterocycles. The van der Waals surface area contributed by atoms with Crippen LogP contribution >= 0.6 is 0 Å². The molecule has 25 heavy (non-hydrogen) atoms. The summed E-state index contributed by atoms with van der Waals surface area (Å²) >= 11 is 0. The van der Waals surface area contributed by atoms with E-state index in [0.717, 1.165) is 57.1 Å². The number of hydrogen-bond donors (Lipinski definition) is 1. The summed E-state index contributed by atoms with van der Waals surface area (Å²) in [5, 5.41) is 10.0. The molecule has 0 bridgehead atoms. The molecule has 1 aromatic rings. The molecule has 4 heteroatoms. The Morgan fingerprint density at radius 1 is 1.16 bits per heavy atom. The van der Waals surface area contributed by atoms with Crippen LogP contribution in [0.4, 0.5) is 0 Å². The number of benzene rings is 1. The first-order valence-electron chi connectivity index (χ1n) is 9.61. The van der Waals surface area contributed by atoms with Crippen LogP contribution in [0, 0.1) is 5.41 Å². The molecular formula is C21H31NO3. The van der Waals surface area contributed by atoms with Crippen LogP contribution in [0.1, 0.15) is 50.5 Å². The standard InChI is InChI=1S/C21H31NO3/c1-25-15-13-20(17-23)10-7-14-22(16-20)19(24)21(11-5-6-12-21)18-8-3-2-4-9-18/h2-4,8-9,23H,5-7,10-17H2,1H3/t20-/m1/s1. The van der Waals surface area contributed by atoms with E-state index < -0.39 is 0 Å². The Kier molecular flexibility index (Phi) is 5.80. The number of hydrogen-bond acceptors (Lipinski definition) is 3. The second-order valence-corrected chi connectivity index (χ2v) is 7.89. The number of carbonyl (C=O) groups is 1. The summed E-state index contributed by atoms with van der Waals surface area (Å²) < 4.78 is 5.24. The first-order chi connectivity index (χ1) is 12.2. The van der Waals surface area contributed by atoms with Gasteiger partial charge in [0.25, 0.3) is 0 Å². The fourth-order valence-corrected chi connectivity index (χ4v) is 4.78. The molecule has 0 spiro atoms. The Labute approximate surface area is 151 Å². The molecule has 2 aliphatic rings. The molecule has 1 aromatic carbocycles. The fraction of sp³-hybridized carbons (Fsp3) is 0.667. The van der Waals surface area contributed by atoms with Gasteiger partial charge < -0.3 is 14.7 Å². The molecule has 2 fully saturated rings. The predicted molar refractivity (Wildman–Crippen MR) is 98.4 cm³/mol. The van der Waals surface area contributed by atoms with E-state index in [1.165, 1.54) is 0 Å². The second-order valence-electron chi connectivity index (χ2n) is 7.89. The maximum Gasteiger partial charge on any atom is 0.233 e. The number of aliphatic hydroxyl groups is 1. The van der Waals surface area contributed by atoms with Gasteiger partial charge in [-0.05, 0) is 37.7 Å². The molecule has 4 nitrogen and oxygen atoms in total. The van der Waals surface area contributed by atoms with Crippen molar-refractivity contribution in [1.29, 1.82) is 0 Å². The van der Waals surface area contributed by atoms with Crippen molar-refractivity contribution in [1.82, 2.24) is 4.90 Å². The number of nitrogens with zero attached hydrogens (tertiary/aromatic N) is 1. The van der Waals surface area contributed by atoms with Crippen LogP contribution in [0.15, 0.2) is 30.3 Å². The zero-order valence-electron chi connectivity index (χ0n) is 15.4. The lowest BCUT2D eigenvalue weighted by atomic mass is 9.74. The maximum atomic E-state index is 13.6. The Hall–Kier alpha value is -1.39. The Morgan fingerprint density at radius 2 is 1.88 bits per heavy atom. The number of likely N-dealkylation sites (tertiary alicyclic amines) is 1. The van der Waals surface area contributed by atoms with Crippen molar-refractivity contribution in [3.05, 3.63) is 35.9 Å². The SMILES string of the molecule is COCC[C@]1(CO)CCCN(C(=O)C2(c3ccccc3)CCCC2)C1. The zero-order chi connectivity index (χ0) is 17.8. The topological polar surface area (TPSA) is 49.8 Å². The molecule has 1 atom stereocenters. The number of piperidine rings is 1. The maximum absolute atomic E-state index is 13.6. The van der Waals surface area contributed by atoms with E-state index in [1.54, 1.807) is 7.11 Å². The van der Waals surface area contributed by atoms with Crippen molar-refractivity contribution in [2.45, 2.75) is 50.4 Å². The summed E-state index contributed by atoms with van der Waals surface area (Å²) in [4.78, 5) is 15.6. The number of carbonyl (C=O) groups excluding carboxylic acids is 1. The minimum absolute atomic E-state index is 0.123. The first-order valence-corrected chi connectivity index (χ1v) is 9.61. The van der Waals surface area contributed by atoms with Crippen molar-refractivity contribution in [3.63, 3.8) is 0 Å². The van der Waals surface area contributed by atoms with E-state index in [4.69, 9.17) is 4.74 Å². The highest BCUT2D eigenvalue weighted by molar-refractivity contribution is 5.88. The number of methoxy groups -OCH3 is 1. The number of rotatable bonds is 6. The van der Waals surface area contributed by atoms with Crippen molar-refractivity contribution < 1.29 is 14.6 Å². The zero-order valence-corrected chi connectivity index (χ0v) is 15.4. The van der Waals surface area contributed by atoms with Gasteiger partial charge in [-0.15, -0.1) is 0 Å². The van der Waals surface area contributed by atoms with E-state index >= 15 is 0 Å². The molecule has 0 unspecified atom stereocenters. The van der Waals surface area contributed by atoms with E-state index in [0.29, 0.717) is 13.2 Å². The monoisotopic (exact) mass is 345 g/mol. The number of amides is 1. The average Bonchev–Trinajstić information content (AvgIpc) is 3.18. The Bertz CT molecular complexity index is 568. The van der Waals surface area contributed by atoms with Gasteiger partial charge in [-0.25, -0.2) is 0 Å². The molecule has 0 radical (unpaired) electrons. The van der Waals surface area contributed by atoms with Crippen LogP contribution in [0.5, 0.6) is 0 Å². The summed E-state index contributed by atoms with van der Waals surface area (Å²) in [5.41, 5.74) is 0.594. The molecule has 1 aliphatic carbocycles. The third kappa shape index (κ3) is 3.61. The molecule has 1 N–H and O–H groups in total. The molecule has 3 rings (SSSR count). The molecule has 1 aliphatic heterocycles. The van der Waals surface area contributed by atoms with Crippen LogP contribution in [0.3, 0.4) is 0 Å². The van der Waals surface area contributed by atoms with Crippen LogP contribution in [-0.4, -0.2) is 49.3 Å². The van der Waals surface area contributed by atoms with E-state index in [9.17, 15) is 9.90 Å². The normalized spacial score (nSPS) is 25.9. The van der Waals surface area contributed by atoms with Crippen LogP contribution < -0.4 is 0 Å². The lowest BCUT2D eigenvalue weighted by Gasteiger charge is -2.45. The lowest BCUT2D eigenvalue weighted by molar-refractivity contribution is -0.142. The van der Waals surface area contributed by atoms with Crippen LogP contribution in [0.2, 0.25) is 0 Å². The fourth-order valence-electron chi connectivity index (χ4n) is 4.78. The number of aliphatic hydroxyl groups excluding tert-OH is 1. The molecule has 0 aromatic heterocycles. The van der Waals surface area contributed by atoms with Gasteiger partial charge in [-0.2, -0.15) is 0 Å². The summed E-state index contributed by atoms with van der Waals surface area (Å²) in [6, 6.07) is 10.3. The van der Waals surface area contributed by atoms with Crippen LogP contribution in [-0.2, 0) is 14.9 Å². The largest absolute Gasteiger partial charge is 0.396 e. The predicted octanol–water partition coefficient (Wildman–Crippen LogP) is 3.14. The Balaban J connectivity index is 1.83. The molecule has 1 amide bonds. The van der Waals surface area contributed by atoms with Gasteiger partial charge in [-0.1, -0.05) is 43.2 Å². The van der Waals surface area contributed by atoms with Crippen molar-refractivity contribution in [3.8, 4) is 0 Å². The minimum Gasteiger partial charge on any atom is -0.396 e. The highest BCUT2D eigenvalue weighted by Crippen LogP contribution is 2.44. The van der Waals surface area contributed by atoms with Gasteiger partial charge in [0, 0.05) is 32.2 Å². The summed E-state index contributed by atoms with van der Waals surface area (Å²) in [6.07, 6.45) is 6.84. The van der Waals surface area contributed by atoms with Crippen molar-refractivity contribution in [2.24, 2.45) is 5.41 Å². The smallest absolute Gasteiger partial charge is 0.233 e. The third-order valence-corrected chi connectivity index (χ3v) is 6.31. The van der Waals surface area contributed by atoms with E-state index in [2.05, 4.69) is 12.1 Å². The van der Waals surface area contributed by atoms with E-state index in [1.807, 2.05) is 23.1 Å². The van der Waals surface area contributed by atoms with Gasteiger partial charge in [0.05, 0.1) is 12.0 Å². The molecule has 138 valence electrons. The Morgan fingerprint density at radius 3 is 2.52 bits per heavy atom. The summed E-state index contributed by atoms with van der Waals surface area (Å²) in [7, 11) is 1.69. The van der Waals surface area contributed by atoms with Crippen LogP contribution in [0.25, 0.3) is 0 Å². The van der Waals surface area contributed by atoms with Gasteiger partial charge in [-0.3, -0.25) is 4.79 Å². The third-order valence-electron chi connectivity index (χ3n) is 6.31. The molecule has 1 saturated heterocycles. The van der Waals surface area contributed by atoms with Crippen molar-refractivity contribution in [2.75, 3.05) is 33.4 Å². The van der Waals surface area contributed by atoms with Gasteiger partial charge >= 0.3 is 0 Å². The minimum atomic E-state index is -0.360. The van der Waals surface area contributed by atoms with E-state index in [-0.39, 0.29) is 23.3 Å². The highest BCUT2D eigenvalue weighted by atomic mass is 16.5. The van der Waals surface area contributed by atoms with Gasteiger partial charge in [0.2, 0.25) is 5.91 Å². The summed E-state index contributed by atoms with van der Waals surface area (Å²) in [6.45, 7) is 2.22. The van der Waals surface area contributed by atoms with Gasteiger partial charge in [0.1, 0.15) is 0 Å². The number of ether oxygens (including phenoxy) is 1. The quantitative estimate of drug-likeness (QED) is 0.862. The second kappa shape index (κ2) is 7.88. The first kappa shape index (κ1) is 18.4.